The van der Waals surface area contributed by atoms with Gasteiger partial charge in [-0.3, -0.25) is 28.9 Å². The van der Waals surface area contributed by atoms with E-state index in [1.807, 2.05) is 104 Å². The first-order chi connectivity index (χ1) is 26.3. The standard InChI is InChI=1S/C45H66N6O5/c1-29(2)36(49(11)43(56)38(44(5,6)7)48-39(52)37(46-10)45(8,9)33-21-15-18-30(3)26-33)27-31(4)40(53)51(41(54)34-22-16-24-47-34)42(55)35-23-17-25-50(35)28-32-19-13-12-14-20-32/h12-15,18-21,26-27,29,34-38,46-47H,16-17,22-25,28H2,1-11H3,(H,48,52)/t34-,35-,36-,37-,38-/m1/s1. The average Bonchev–Trinajstić information content (AvgIpc) is 3.85. The van der Waals surface area contributed by atoms with E-state index in [0.29, 0.717) is 32.5 Å². The van der Waals surface area contributed by atoms with Gasteiger partial charge < -0.3 is 20.9 Å². The van der Waals surface area contributed by atoms with Crippen LogP contribution in [0.15, 0.2) is 66.2 Å². The van der Waals surface area contributed by atoms with Crippen molar-refractivity contribution in [1.29, 1.82) is 0 Å². The van der Waals surface area contributed by atoms with Gasteiger partial charge in [0.25, 0.3) is 17.7 Å². The Morgan fingerprint density at radius 1 is 0.929 bits per heavy atom. The SMILES string of the molecule is CN[C@H](C(=O)N[C@H](C(=O)N(C)[C@H](C=C(C)C(=O)N(C(=O)[C@H]1CCCN1Cc1ccccc1)C(=O)[C@H]1CCCN1)C(C)C)C(C)(C)C)C(C)(C)c1cccc(C)c1. The zero-order chi connectivity index (χ0) is 41.5. The smallest absolute Gasteiger partial charge is 0.262 e. The second-order valence-electron chi connectivity index (χ2n) is 17.7. The second kappa shape index (κ2) is 18.8. The predicted octanol–water partition coefficient (Wildman–Crippen LogP) is 5.12. The molecular weight excluding hydrogens is 705 g/mol. The molecule has 306 valence electrons. The second-order valence-corrected chi connectivity index (χ2v) is 17.7. The topological polar surface area (TPSA) is 131 Å². The lowest BCUT2D eigenvalue weighted by molar-refractivity contribution is -0.155. The van der Waals surface area contributed by atoms with Crippen LogP contribution in [0.25, 0.3) is 0 Å². The molecule has 0 radical (unpaired) electrons. The molecule has 11 nitrogen and oxygen atoms in total. The number of carbonyl (C=O) groups excluding carboxylic acids is 5. The van der Waals surface area contributed by atoms with E-state index in [1.165, 1.54) is 0 Å². The van der Waals surface area contributed by atoms with E-state index in [-0.39, 0.29) is 23.3 Å². The third-order valence-corrected chi connectivity index (χ3v) is 11.5. The summed E-state index contributed by atoms with van der Waals surface area (Å²) in [4.78, 5) is 76.0. The first-order valence-corrected chi connectivity index (χ1v) is 20.2. The minimum Gasteiger partial charge on any atom is -0.342 e. The van der Waals surface area contributed by atoms with Crippen LogP contribution in [-0.4, -0.2) is 102 Å². The summed E-state index contributed by atoms with van der Waals surface area (Å²) in [5, 5.41) is 9.46. The summed E-state index contributed by atoms with van der Waals surface area (Å²) in [7, 11) is 3.42. The number of likely N-dealkylation sites (tertiary alicyclic amines) is 1. The third-order valence-electron chi connectivity index (χ3n) is 11.5. The fourth-order valence-electron chi connectivity index (χ4n) is 8.13. The number of nitrogens with zero attached hydrogens (tertiary/aromatic N) is 3. The quantitative estimate of drug-likeness (QED) is 0.179. The molecular formula is C45H66N6O5. The van der Waals surface area contributed by atoms with Gasteiger partial charge in [-0.15, -0.1) is 0 Å². The summed E-state index contributed by atoms with van der Waals surface area (Å²) < 4.78 is 0. The lowest BCUT2D eigenvalue weighted by atomic mass is 9.76. The molecule has 5 atom stereocenters. The number of rotatable bonds is 14. The molecule has 2 saturated heterocycles. The maximum atomic E-state index is 14.5. The Kier molecular flexibility index (Phi) is 15.0. The number of imide groups is 3. The molecule has 4 rings (SSSR count). The van der Waals surface area contributed by atoms with Crippen LogP contribution in [0.3, 0.4) is 0 Å². The zero-order valence-electron chi connectivity index (χ0n) is 35.6. The minimum atomic E-state index is -0.902. The van der Waals surface area contributed by atoms with Gasteiger partial charge in [0.2, 0.25) is 11.8 Å². The van der Waals surface area contributed by atoms with Crippen molar-refractivity contribution in [2.75, 3.05) is 27.2 Å². The highest BCUT2D eigenvalue weighted by atomic mass is 16.2. The summed E-state index contributed by atoms with van der Waals surface area (Å²) in [5.74, 6) is -2.49. The van der Waals surface area contributed by atoms with Crippen LogP contribution in [0.2, 0.25) is 0 Å². The van der Waals surface area contributed by atoms with Gasteiger partial charge in [-0.05, 0) is 82.1 Å². The van der Waals surface area contributed by atoms with Gasteiger partial charge in [0.15, 0.2) is 0 Å². The molecule has 0 unspecified atom stereocenters. The molecule has 5 amide bonds. The van der Waals surface area contributed by atoms with Crippen LogP contribution in [0, 0.1) is 18.3 Å². The van der Waals surface area contributed by atoms with Gasteiger partial charge in [-0.1, -0.05) is 115 Å². The largest absolute Gasteiger partial charge is 0.342 e. The van der Waals surface area contributed by atoms with Crippen molar-refractivity contribution in [3.8, 4) is 0 Å². The highest BCUT2D eigenvalue weighted by molar-refractivity contribution is 6.18. The molecule has 0 aliphatic carbocycles. The molecule has 56 heavy (non-hydrogen) atoms. The molecule has 2 aliphatic rings. The lowest BCUT2D eigenvalue weighted by Gasteiger charge is -2.40. The van der Waals surface area contributed by atoms with E-state index in [0.717, 1.165) is 34.4 Å². The highest BCUT2D eigenvalue weighted by Crippen LogP contribution is 2.30. The Hall–Kier alpha value is -4.19. The monoisotopic (exact) mass is 771 g/mol. The lowest BCUT2D eigenvalue weighted by Crippen LogP contribution is -2.61. The number of hydrogen-bond donors (Lipinski definition) is 3. The molecule has 0 spiro atoms. The van der Waals surface area contributed by atoms with E-state index >= 15 is 0 Å². The number of nitrogens with one attached hydrogen (secondary N) is 3. The van der Waals surface area contributed by atoms with Crippen molar-refractivity contribution in [2.24, 2.45) is 11.3 Å². The molecule has 2 fully saturated rings. The summed E-state index contributed by atoms with van der Waals surface area (Å²) in [6, 6.07) is 14.6. The Morgan fingerprint density at radius 2 is 1.61 bits per heavy atom. The molecule has 0 bridgehead atoms. The van der Waals surface area contributed by atoms with Crippen molar-refractivity contribution in [3.63, 3.8) is 0 Å². The molecule has 0 saturated carbocycles. The summed E-state index contributed by atoms with van der Waals surface area (Å²) in [5.41, 5.74) is 2.07. The number of likely N-dealkylation sites (N-methyl/N-ethyl adjacent to an activating group) is 2. The van der Waals surface area contributed by atoms with E-state index in [4.69, 9.17) is 0 Å². The fourth-order valence-corrected chi connectivity index (χ4v) is 8.13. The summed E-state index contributed by atoms with van der Waals surface area (Å²) >= 11 is 0. The first-order valence-electron chi connectivity index (χ1n) is 20.2. The Morgan fingerprint density at radius 3 is 2.18 bits per heavy atom. The van der Waals surface area contributed by atoms with Crippen LogP contribution < -0.4 is 16.0 Å². The normalized spacial score (nSPS) is 19.7. The number of amides is 5. The van der Waals surface area contributed by atoms with Gasteiger partial charge in [-0.2, -0.15) is 0 Å². The van der Waals surface area contributed by atoms with Crippen LogP contribution >= 0.6 is 0 Å². The van der Waals surface area contributed by atoms with Gasteiger partial charge >= 0.3 is 0 Å². The third kappa shape index (κ3) is 10.4. The number of hydrogen-bond acceptors (Lipinski definition) is 8. The van der Waals surface area contributed by atoms with Crippen molar-refractivity contribution < 1.29 is 24.0 Å². The van der Waals surface area contributed by atoms with Crippen LogP contribution in [0.1, 0.15) is 97.8 Å². The van der Waals surface area contributed by atoms with Crippen molar-refractivity contribution >= 4 is 29.5 Å². The molecule has 2 aromatic carbocycles. The maximum Gasteiger partial charge on any atom is 0.262 e. The van der Waals surface area contributed by atoms with Crippen LogP contribution in [0.4, 0.5) is 0 Å². The number of benzene rings is 2. The van der Waals surface area contributed by atoms with Crippen molar-refractivity contribution in [1.82, 2.24) is 30.7 Å². The first kappa shape index (κ1) is 44.5. The van der Waals surface area contributed by atoms with E-state index < -0.39 is 58.8 Å². The van der Waals surface area contributed by atoms with Crippen molar-refractivity contribution in [2.45, 2.75) is 130 Å². The fraction of sp³-hybridized carbons (Fsp3) is 0.578. The average molecular weight is 771 g/mol. The van der Waals surface area contributed by atoms with Gasteiger partial charge in [0, 0.05) is 24.6 Å². The number of aryl methyl sites for hydroxylation is 1. The summed E-state index contributed by atoms with van der Waals surface area (Å²) in [6.45, 7) is 19.1. The van der Waals surface area contributed by atoms with Gasteiger partial charge in [0.05, 0.1) is 24.2 Å². The Balaban J connectivity index is 1.61. The highest BCUT2D eigenvalue weighted by Gasteiger charge is 2.44. The van der Waals surface area contributed by atoms with Gasteiger partial charge in [-0.25, -0.2) is 4.90 Å². The minimum absolute atomic E-state index is 0.152. The van der Waals surface area contributed by atoms with E-state index in [9.17, 15) is 24.0 Å². The van der Waals surface area contributed by atoms with E-state index in [2.05, 4.69) is 26.9 Å². The van der Waals surface area contributed by atoms with Crippen LogP contribution in [0.5, 0.6) is 0 Å². The van der Waals surface area contributed by atoms with Gasteiger partial charge in [0.1, 0.15) is 6.04 Å². The molecule has 2 aliphatic heterocycles. The molecule has 0 aromatic heterocycles. The van der Waals surface area contributed by atoms with E-state index in [1.54, 1.807) is 32.0 Å². The molecule has 11 heteroatoms. The Bertz CT molecular complexity index is 1740. The molecule has 2 heterocycles. The van der Waals surface area contributed by atoms with Crippen LogP contribution in [-0.2, 0) is 35.9 Å². The molecule has 2 aromatic rings. The summed E-state index contributed by atoms with van der Waals surface area (Å²) in [6.07, 6.45) is 4.33. The Labute approximate surface area is 335 Å². The molecule has 3 N–H and O–H groups in total. The number of carbonyl (C=O) groups is 5. The van der Waals surface area contributed by atoms with Crippen molar-refractivity contribution in [3.05, 3.63) is 82.9 Å². The maximum absolute atomic E-state index is 14.5. The predicted molar refractivity (Wildman–Crippen MR) is 221 cm³/mol. The zero-order valence-corrected chi connectivity index (χ0v) is 35.6.